The third-order valence-electron chi connectivity index (χ3n) is 3.93. The summed E-state index contributed by atoms with van der Waals surface area (Å²) in [6.07, 6.45) is 1.64. The Balaban J connectivity index is 1.78. The second-order valence-electron chi connectivity index (χ2n) is 6.18. The molecule has 0 fully saturated rings. The number of amides is 1. The number of carbonyl (C=O) groups excluding carboxylic acids is 1. The zero-order valence-corrected chi connectivity index (χ0v) is 18.9. The monoisotopic (exact) mass is 491 g/mol. The van der Waals surface area contributed by atoms with E-state index in [2.05, 4.69) is 26.2 Å². The summed E-state index contributed by atoms with van der Waals surface area (Å²) in [5.41, 5.74) is 0.932. The van der Waals surface area contributed by atoms with Gasteiger partial charge in [0.15, 0.2) is 0 Å². The first-order chi connectivity index (χ1) is 13.8. The maximum Gasteiger partial charge on any atom is 0.258 e. The maximum absolute atomic E-state index is 12.8. The van der Waals surface area contributed by atoms with E-state index in [1.54, 1.807) is 30.5 Å². The van der Waals surface area contributed by atoms with Crippen LogP contribution < -0.4 is 5.32 Å². The molecule has 1 N–H and O–H groups in total. The van der Waals surface area contributed by atoms with Crippen LogP contribution in [-0.2, 0) is 10.0 Å². The lowest BCUT2D eigenvalue weighted by Crippen LogP contribution is -2.22. The molecule has 0 radical (unpaired) electrons. The van der Waals surface area contributed by atoms with E-state index in [0.717, 1.165) is 13.7 Å². The van der Waals surface area contributed by atoms with E-state index in [-0.39, 0.29) is 10.8 Å². The van der Waals surface area contributed by atoms with Crippen molar-refractivity contribution in [2.75, 3.05) is 19.4 Å². The average molecular weight is 492 g/mol. The minimum absolute atomic E-state index is 0.161. The molecule has 1 heterocycles. The highest BCUT2D eigenvalue weighted by molar-refractivity contribution is 9.10. The standard InChI is InChI=1S/C20H18BrN3O3S2/c1-24(2)29(26,27)17-11-7-15(8-12-17)23-19(25)18-4-3-13-22-20(18)28-16-9-5-14(21)6-10-16/h3-13H,1-2H3,(H,23,25). The van der Waals surface area contributed by atoms with Gasteiger partial charge in [-0.15, -0.1) is 0 Å². The molecule has 0 unspecified atom stereocenters. The van der Waals surface area contributed by atoms with E-state index >= 15 is 0 Å². The van der Waals surface area contributed by atoms with Gasteiger partial charge in [0.05, 0.1) is 10.5 Å². The first-order valence-electron chi connectivity index (χ1n) is 8.50. The van der Waals surface area contributed by atoms with Crippen LogP contribution in [-0.4, -0.2) is 37.7 Å². The van der Waals surface area contributed by atoms with Gasteiger partial charge in [0.2, 0.25) is 10.0 Å². The number of nitrogens with zero attached hydrogens (tertiary/aromatic N) is 2. The Morgan fingerprint density at radius 3 is 2.31 bits per heavy atom. The van der Waals surface area contributed by atoms with Crippen LogP contribution in [0.4, 0.5) is 5.69 Å². The van der Waals surface area contributed by atoms with Crippen molar-refractivity contribution < 1.29 is 13.2 Å². The number of hydrogen-bond acceptors (Lipinski definition) is 5. The van der Waals surface area contributed by atoms with Crippen LogP contribution in [0.3, 0.4) is 0 Å². The summed E-state index contributed by atoms with van der Waals surface area (Å²) in [7, 11) is -0.574. The molecule has 0 spiro atoms. The molecule has 150 valence electrons. The first kappa shape index (κ1) is 21.5. The molecule has 6 nitrogen and oxygen atoms in total. The summed E-state index contributed by atoms with van der Waals surface area (Å²) in [5.74, 6) is -0.319. The van der Waals surface area contributed by atoms with Crippen LogP contribution in [0, 0.1) is 0 Å². The van der Waals surface area contributed by atoms with Crippen LogP contribution in [0.1, 0.15) is 10.4 Å². The molecule has 0 saturated carbocycles. The summed E-state index contributed by atoms with van der Waals surface area (Å²) in [6, 6.07) is 17.2. The quantitative estimate of drug-likeness (QED) is 0.548. The molecular weight excluding hydrogens is 474 g/mol. The van der Waals surface area contributed by atoms with Crippen molar-refractivity contribution in [1.82, 2.24) is 9.29 Å². The van der Waals surface area contributed by atoms with Crippen molar-refractivity contribution in [1.29, 1.82) is 0 Å². The number of anilines is 1. The van der Waals surface area contributed by atoms with Gasteiger partial charge in [0.25, 0.3) is 5.91 Å². The molecule has 2 aromatic carbocycles. The topological polar surface area (TPSA) is 79.4 Å². The normalized spacial score (nSPS) is 11.4. The summed E-state index contributed by atoms with van der Waals surface area (Å²) in [4.78, 5) is 18.2. The van der Waals surface area contributed by atoms with E-state index in [9.17, 15) is 13.2 Å². The predicted molar refractivity (Wildman–Crippen MR) is 118 cm³/mol. The van der Waals surface area contributed by atoms with Gasteiger partial charge in [-0.25, -0.2) is 17.7 Å². The smallest absolute Gasteiger partial charge is 0.258 e. The molecule has 0 bridgehead atoms. The van der Waals surface area contributed by atoms with E-state index in [1.165, 1.54) is 38.0 Å². The lowest BCUT2D eigenvalue weighted by atomic mass is 10.2. The van der Waals surface area contributed by atoms with Crippen molar-refractivity contribution in [2.24, 2.45) is 0 Å². The molecule has 9 heteroatoms. The third-order valence-corrected chi connectivity index (χ3v) is 7.32. The van der Waals surface area contributed by atoms with Crippen LogP contribution in [0.5, 0.6) is 0 Å². The van der Waals surface area contributed by atoms with Crippen molar-refractivity contribution in [3.8, 4) is 0 Å². The highest BCUT2D eigenvalue weighted by Gasteiger charge is 2.18. The van der Waals surface area contributed by atoms with Gasteiger partial charge >= 0.3 is 0 Å². The van der Waals surface area contributed by atoms with E-state index in [0.29, 0.717) is 16.3 Å². The number of sulfonamides is 1. The van der Waals surface area contributed by atoms with Gasteiger partial charge in [0, 0.05) is 35.3 Å². The summed E-state index contributed by atoms with van der Waals surface area (Å²) in [6.45, 7) is 0. The highest BCUT2D eigenvalue weighted by Crippen LogP contribution is 2.30. The SMILES string of the molecule is CN(C)S(=O)(=O)c1ccc(NC(=O)c2cccnc2Sc2ccc(Br)cc2)cc1. The number of halogens is 1. The van der Waals surface area contributed by atoms with Gasteiger partial charge in [-0.05, 0) is 60.7 Å². The lowest BCUT2D eigenvalue weighted by Gasteiger charge is -2.12. The van der Waals surface area contributed by atoms with Crippen LogP contribution in [0.2, 0.25) is 0 Å². The van der Waals surface area contributed by atoms with E-state index < -0.39 is 10.0 Å². The number of carbonyl (C=O) groups is 1. The number of pyridine rings is 1. The summed E-state index contributed by atoms with van der Waals surface area (Å²) < 4.78 is 26.4. The minimum Gasteiger partial charge on any atom is -0.322 e. The zero-order chi connectivity index (χ0) is 21.0. The van der Waals surface area contributed by atoms with Gasteiger partial charge < -0.3 is 5.32 Å². The average Bonchev–Trinajstić information content (AvgIpc) is 2.70. The fourth-order valence-electron chi connectivity index (χ4n) is 2.38. The van der Waals surface area contributed by atoms with Crippen molar-refractivity contribution in [2.45, 2.75) is 14.8 Å². The fraction of sp³-hybridized carbons (Fsp3) is 0.100. The molecule has 0 saturated heterocycles. The molecule has 3 rings (SSSR count). The molecule has 1 amide bonds. The maximum atomic E-state index is 12.8. The largest absolute Gasteiger partial charge is 0.322 e. The lowest BCUT2D eigenvalue weighted by molar-refractivity contribution is 0.102. The van der Waals surface area contributed by atoms with Gasteiger partial charge in [-0.3, -0.25) is 4.79 Å². The summed E-state index contributed by atoms with van der Waals surface area (Å²) in [5, 5.41) is 3.38. The molecular formula is C20H18BrN3O3S2. The third kappa shape index (κ3) is 5.24. The molecule has 0 aliphatic heterocycles. The Morgan fingerprint density at radius 2 is 1.69 bits per heavy atom. The number of nitrogens with one attached hydrogen (secondary N) is 1. The van der Waals surface area contributed by atoms with Crippen molar-refractivity contribution >= 4 is 49.3 Å². The Morgan fingerprint density at radius 1 is 1.03 bits per heavy atom. The van der Waals surface area contributed by atoms with Crippen LogP contribution >= 0.6 is 27.7 Å². The van der Waals surface area contributed by atoms with E-state index in [1.807, 2.05) is 24.3 Å². The first-order valence-corrected chi connectivity index (χ1v) is 11.5. The molecule has 3 aromatic rings. The van der Waals surface area contributed by atoms with Gasteiger partial charge in [0.1, 0.15) is 5.03 Å². The molecule has 0 atom stereocenters. The highest BCUT2D eigenvalue weighted by atomic mass is 79.9. The molecule has 0 aliphatic rings. The molecule has 0 aliphatic carbocycles. The second kappa shape index (κ2) is 9.08. The number of aromatic nitrogens is 1. The number of rotatable bonds is 6. The zero-order valence-electron chi connectivity index (χ0n) is 15.7. The summed E-state index contributed by atoms with van der Waals surface area (Å²) >= 11 is 4.79. The number of hydrogen-bond donors (Lipinski definition) is 1. The van der Waals surface area contributed by atoms with Crippen LogP contribution in [0.15, 0.2) is 86.2 Å². The molecule has 1 aromatic heterocycles. The van der Waals surface area contributed by atoms with Crippen molar-refractivity contribution in [3.63, 3.8) is 0 Å². The predicted octanol–water partition coefficient (Wildman–Crippen LogP) is 4.50. The van der Waals surface area contributed by atoms with E-state index in [4.69, 9.17) is 0 Å². The Kier molecular flexibility index (Phi) is 6.74. The molecule has 29 heavy (non-hydrogen) atoms. The minimum atomic E-state index is -3.51. The fourth-order valence-corrected chi connectivity index (χ4v) is 4.42. The van der Waals surface area contributed by atoms with Gasteiger partial charge in [-0.2, -0.15) is 0 Å². The van der Waals surface area contributed by atoms with Crippen molar-refractivity contribution in [3.05, 3.63) is 76.9 Å². The van der Waals surface area contributed by atoms with Crippen LogP contribution in [0.25, 0.3) is 0 Å². The van der Waals surface area contributed by atoms with Gasteiger partial charge in [-0.1, -0.05) is 27.7 Å². The second-order valence-corrected chi connectivity index (χ2v) is 10.3. The number of benzene rings is 2. The Hall–Kier alpha value is -2.20. The Labute approximate surface area is 182 Å². The Bertz CT molecular complexity index is 1120.